The minimum atomic E-state index is -0.696. The highest BCUT2D eigenvalue weighted by Gasteiger charge is 2.22. The lowest BCUT2D eigenvalue weighted by Crippen LogP contribution is -2.47. The molecule has 2 heterocycles. The summed E-state index contributed by atoms with van der Waals surface area (Å²) in [6.45, 7) is 5.02. The summed E-state index contributed by atoms with van der Waals surface area (Å²) in [7, 11) is 5.40. The van der Waals surface area contributed by atoms with Gasteiger partial charge in [-0.05, 0) is 58.1 Å². The van der Waals surface area contributed by atoms with Crippen molar-refractivity contribution in [1.29, 1.82) is 0 Å². The number of benzene rings is 1. The SMILES string of the molecule is CCCNc1nc(Nc2cccc(F)c2)ncc1C#CC1CC=CC(NC(=O)[C@H](C)N(C)C(=O)/C=C/CN(C)C)=N1. The fourth-order valence-electron chi connectivity index (χ4n) is 3.58. The lowest BCUT2D eigenvalue weighted by Gasteiger charge is -2.23. The van der Waals surface area contributed by atoms with Crippen LogP contribution in [-0.4, -0.2) is 83.7 Å². The molecule has 3 N–H and O–H groups in total. The number of halogens is 1. The smallest absolute Gasteiger partial charge is 0.248 e. The number of dihydropyridines is 1. The maximum atomic E-state index is 13.6. The maximum Gasteiger partial charge on any atom is 0.248 e. The van der Waals surface area contributed by atoms with Crippen molar-refractivity contribution in [1.82, 2.24) is 25.1 Å². The lowest BCUT2D eigenvalue weighted by molar-refractivity contribution is -0.134. The van der Waals surface area contributed by atoms with Gasteiger partial charge in [-0.1, -0.05) is 37.0 Å². The Balaban J connectivity index is 1.68. The Bertz CT molecular complexity index is 1380. The number of hydrogen-bond acceptors (Lipinski definition) is 8. The molecule has 1 aromatic carbocycles. The zero-order chi connectivity index (χ0) is 29.8. The van der Waals surface area contributed by atoms with Gasteiger partial charge in [-0.3, -0.25) is 14.6 Å². The van der Waals surface area contributed by atoms with Crippen LogP contribution in [0.4, 0.5) is 21.8 Å². The van der Waals surface area contributed by atoms with Gasteiger partial charge in [-0.25, -0.2) is 9.37 Å². The average molecular weight is 561 g/mol. The molecule has 0 radical (unpaired) electrons. The van der Waals surface area contributed by atoms with Crippen molar-refractivity contribution in [2.75, 3.05) is 44.9 Å². The highest BCUT2D eigenvalue weighted by Crippen LogP contribution is 2.18. The van der Waals surface area contributed by atoms with E-state index in [1.54, 1.807) is 44.5 Å². The van der Waals surface area contributed by atoms with Gasteiger partial charge >= 0.3 is 0 Å². The molecular formula is C30H37FN8O2. The fraction of sp³-hybridized carbons (Fsp3) is 0.367. The van der Waals surface area contributed by atoms with E-state index in [1.165, 1.54) is 23.1 Å². The summed E-state index contributed by atoms with van der Waals surface area (Å²) >= 11 is 0. The van der Waals surface area contributed by atoms with E-state index in [0.717, 1.165) is 6.42 Å². The molecule has 0 bridgehead atoms. The van der Waals surface area contributed by atoms with E-state index in [2.05, 4.69) is 42.8 Å². The summed E-state index contributed by atoms with van der Waals surface area (Å²) in [6, 6.07) is 4.98. The topological polar surface area (TPSA) is 115 Å². The highest BCUT2D eigenvalue weighted by atomic mass is 19.1. The van der Waals surface area contributed by atoms with Gasteiger partial charge in [0.05, 0.1) is 11.8 Å². The number of rotatable bonds is 10. The molecule has 41 heavy (non-hydrogen) atoms. The minimum absolute atomic E-state index is 0.258. The summed E-state index contributed by atoms with van der Waals surface area (Å²) in [6.07, 6.45) is 9.90. The number of anilines is 3. The molecule has 0 aliphatic carbocycles. The van der Waals surface area contributed by atoms with Crippen LogP contribution >= 0.6 is 0 Å². The Labute approximate surface area is 240 Å². The number of amides is 2. The molecule has 0 saturated heterocycles. The van der Waals surface area contributed by atoms with E-state index >= 15 is 0 Å². The van der Waals surface area contributed by atoms with Crippen molar-refractivity contribution >= 4 is 35.1 Å². The third-order valence-corrected chi connectivity index (χ3v) is 6.01. The number of carbonyl (C=O) groups is 2. The molecule has 1 aliphatic rings. The van der Waals surface area contributed by atoms with E-state index in [9.17, 15) is 14.0 Å². The van der Waals surface area contributed by atoms with E-state index in [4.69, 9.17) is 0 Å². The van der Waals surface area contributed by atoms with Gasteiger partial charge in [0, 0.05) is 31.9 Å². The fourth-order valence-corrected chi connectivity index (χ4v) is 3.58. The van der Waals surface area contributed by atoms with E-state index in [-0.39, 0.29) is 23.7 Å². The molecule has 1 aliphatic heterocycles. The monoisotopic (exact) mass is 560 g/mol. The first kappa shape index (κ1) is 31.0. The second-order valence-electron chi connectivity index (χ2n) is 9.73. The van der Waals surface area contributed by atoms with Crippen LogP contribution in [0.3, 0.4) is 0 Å². The third-order valence-electron chi connectivity index (χ3n) is 6.01. The number of aromatic nitrogens is 2. The first-order valence-electron chi connectivity index (χ1n) is 13.4. The Morgan fingerprint density at radius 3 is 2.80 bits per heavy atom. The maximum absolute atomic E-state index is 13.6. The number of hydrogen-bond donors (Lipinski definition) is 3. The second kappa shape index (κ2) is 15.3. The lowest BCUT2D eigenvalue weighted by atomic mass is 10.1. The molecule has 2 amide bonds. The number of aliphatic imine (C=N–C) groups is 1. The molecule has 1 aromatic heterocycles. The van der Waals surface area contributed by atoms with Crippen molar-refractivity contribution in [3.8, 4) is 11.8 Å². The van der Waals surface area contributed by atoms with Crippen molar-refractivity contribution in [2.45, 2.75) is 38.8 Å². The van der Waals surface area contributed by atoms with Crippen molar-refractivity contribution < 1.29 is 14.0 Å². The van der Waals surface area contributed by atoms with Crippen LogP contribution in [0.1, 0.15) is 32.3 Å². The zero-order valence-corrected chi connectivity index (χ0v) is 24.1. The molecule has 3 rings (SSSR count). The molecule has 11 heteroatoms. The molecule has 2 aromatic rings. The second-order valence-corrected chi connectivity index (χ2v) is 9.73. The number of likely N-dealkylation sites (N-methyl/N-ethyl adjacent to an activating group) is 2. The Morgan fingerprint density at radius 1 is 1.27 bits per heavy atom. The van der Waals surface area contributed by atoms with E-state index in [0.29, 0.717) is 48.4 Å². The van der Waals surface area contributed by atoms with Gasteiger partial charge in [0.1, 0.15) is 29.6 Å². The van der Waals surface area contributed by atoms with Crippen LogP contribution in [-0.2, 0) is 9.59 Å². The summed E-state index contributed by atoms with van der Waals surface area (Å²) in [5, 5.41) is 9.05. The van der Waals surface area contributed by atoms with Crippen LogP contribution in [0.25, 0.3) is 0 Å². The van der Waals surface area contributed by atoms with Crippen molar-refractivity contribution in [2.24, 2.45) is 4.99 Å². The molecule has 10 nitrogen and oxygen atoms in total. The first-order valence-corrected chi connectivity index (χ1v) is 13.4. The van der Waals surface area contributed by atoms with Crippen LogP contribution in [0, 0.1) is 17.7 Å². The quantitative estimate of drug-likeness (QED) is 0.302. The summed E-state index contributed by atoms with van der Waals surface area (Å²) < 4.78 is 13.6. The zero-order valence-electron chi connectivity index (χ0n) is 24.1. The Kier molecular flexibility index (Phi) is 11.5. The van der Waals surface area contributed by atoms with Crippen LogP contribution in [0.15, 0.2) is 59.8 Å². The van der Waals surface area contributed by atoms with Gasteiger partial charge in [0.2, 0.25) is 17.8 Å². The number of carbonyl (C=O) groups excluding carboxylic acids is 2. The van der Waals surface area contributed by atoms with Gasteiger partial charge in [0.15, 0.2) is 0 Å². The van der Waals surface area contributed by atoms with E-state index in [1.807, 2.05) is 32.0 Å². The van der Waals surface area contributed by atoms with Gasteiger partial charge in [-0.2, -0.15) is 4.98 Å². The predicted molar refractivity (Wildman–Crippen MR) is 160 cm³/mol. The largest absolute Gasteiger partial charge is 0.369 e. The molecule has 0 fully saturated rings. The molecule has 2 atom stereocenters. The molecule has 216 valence electrons. The van der Waals surface area contributed by atoms with Crippen molar-refractivity contribution in [3.63, 3.8) is 0 Å². The predicted octanol–water partition coefficient (Wildman–Crippen LogP) is 3.34. The summed E-state index contributed by atoms with van der Waals surface area (Å²) in [5.74, 6) is 6.52. The number of amidine groups is 1. The highest BCUT2D eigenvalue weighted by molar-refractivity contribution is 6.07. The molecule has 0 spiro atoms. The summed E-state index contributed by atoms with van der Waals surface area (Å²) in [5.41, 5.74) is 1.13. The van der Waals surface area contributed by atoms with E-state index < -0.39 is 6.04 Å². The number of nitrogens with one attached hydrogen (secondary N) is 3. The van der Waals surface area contributed by atoms with Gasteiger partial charge in [0.25, 0.3) is 0 Å². The minimum Gasteiger partial charge on any atom is -0.369 e. The molecular weight excluding hydrogens is 523 g/mol. The average Bonchev–Trinajstić information content (AvgIpc) is 2.94. The molecule has 1 unspecified atom stereocenters. The van der Waals surface area contributed by atoms with Crippen LogP contribution < -0.4 is 16.0 Å². The normalized spacial score (nSPS) is 15.1. The first-order chi connectivity index (χ1) is 19.7. The third kappa shape index (κ3) is 9.85. The number of nitrogens with zero attached hydrogens (tertiary/aromatic N) is 5. The Morgan fingerprint density at radius 2 is 2.07 bits per heavy atom. The summed E-state index contributed by atoms with van der Waals surface area (Å²) in [4.78, 5) is 41.9. The van der Waals surface area contributed by atoms with Gasteiger partial charge < -0.3 is 25.8 Å². The molecule has 0 saturated carbocycles. The van der Waals surface area contributed by atoms with Crippen LogP contribution in [0.2, 0.25) is 0 Å². The van der Waals surface area contributed by atoms with Crippen LogP contribution in [0.5, 0.6) is 0 Å². The van der Waals surface area contributed by atoms with Crippen molar-refractivity contribution in [3.05, 3.63) is 66.1 Å². The Hall–Kier alpha value is -4.56. The standard InChI is InChI=1S/C30H37FN8O2/c1-6-17-32-28-22(20-33-30(37-28)35-25-12-7-10-23(31)19-25)15-16-24-11-8-13-26(34-24)36-29(41)21(2)39(5)27(40)14-9-18-38(3)4/h7-10,12-14,19-21,24H,6,11,17-18H2,1-5H3,(H,34,36,41)(H2,32,33,35,37)/b14-9+/t21-,24?/m0/s1. The van der Waals surface area contributed by atoms with Gasteiger partial charge in [-0.15, -0.1) is 0 Å².